The first-order valence-electron chi connectivity index (χ1n) is 6.66. The molecule has 0 spiro atoms. The van der Waals surface area contributed by atoms with Gasteiger partial charge in [0.25, 0.3) is 0 Å². The maximum atomic E-state index is 5.52. The average molecular weight is 237 g/mol. The standard InChI is InChI=1S/C12H23N5/c1-2-3-6-16(12-4-5-12)7-8-17-10-11(9-13)14-15-17/h10,12H,2-9,13H2,1H3. The van der Waals surface area contributed by atoms with Crippen molar-refractivity contribution in [1.29, 1.82) is 0 Å². The number of nitrogens with two attached hydrogens (primary N) is 1. The van der Waals surface area contributed by atoms with Crippen molar-refractivity contribution in [3.05, 3.63) is 11.9 Å². The van der Waals surface area contributed by atoms with Crippen molar-refractivity contribution in [3.8, 4) is 0 Å². The van der Waals surface area contributed by atoms with Crippen molar-refractivity contribution in [3.63, 3.8) is 0 Å². The van der Waals surface area contributed by atoms with Gasteiger partial charge in [0.1, 0.15) is 0 Å². The molecule has 0 atom stereocenters. The molecule has 5 heteroatoms. The van der Waals surface area contributed by atoms with Crippen LogP contribution in [0.5, 0.6) is 0 Å². The Labute approximate surface area is 103 Å². The molecule has 1 aromatic heterocycles. The molecule has 2 N–H and O–H groups in total. The highest BCUT2D eigenvalue weighted by Gasteiger charge is 2.27. The van der Waals surface area contributed by atoms with Gasteiger partial charge in [-0.15, -0.1) is 5.10 Å². The maximum absolute atomic E-state index is 5.52. The molecule has 17 heavy (non-hydrogen) atoms. The summed E-state index contributed by atoms with van der Waals surface area (Å²) in [5.74, 6) is 0. The smallest absolute Gasteiger partial charge is 0.0962 e. The predicted molar refractivity (Wildman–Crippen MR) is 67.4 cm³/mol. The third-order valence-corrected chi connectivity index (χ3v) is 3.27. The summed E-state index contributed by atoms with van der Waals surface area (Å²) in [5.41, 5.74) is 6.39. The monoisotopic (exact) mass is 237 g/mol. The lowest BCUT2D eigenvalue weighted by atomic mass is 10.3. The van der Waals surface area contributed by atoms with Crippen LogP contribution in [0.15, 0.2) is 6.20 Å². The minimum atomic E-state index is 0.474. The van der Waals surface area contributed by atoms with Gasteiger partial charge in [-0.3, -0.25) is 9.58 Å². The second-order valence-electron chi connectivity index (χ2n) is 4.80. The van der Waals surface area contributed by atoms with Crippen LogP contribution in [-0.2, 0) is 13.1 Å². The van der Waals surface area contributed by atoms with Crippen molar-refractivity contribution in [2.75, 3.05) is 13.1 Å². The topological polar surface area (TPSA) is 60.0 Å². The second kappa shape index (κ2) is 6.12. The lowest BCUT2D eigenvalue weighted by molar-refractivity contribution is 0.244. The van der Waals surface area contributed by atoms with Crippen LogP contribution in [0.25, 0.3) is 0 Å². The van der Waals surface area contributed by atoms with E-state index in [1.165, 1.54) is 32.2 Å². The van der Waals surface area contributed by atoms with Crippen LogP contribution < -0.4 is 5.73 Å². The average Bonchev–Trinajstić information content (AvgIpc) is 3.08. The summed E-state index contributed by atoms with van der Waals surface area (Å²) in [6.07, 6.45) is 7.25. The van der Waals surface area contributed by atoms with Gasteiger partial charge in [-0.1, -0.05) is 18.6 Å². The Morgan fingerprint density at radius 2 is 2.29 bits per heavy atom. The first kappa shape index (κ1) is 12.5. The summed E-state index contributed by atoms with van der Waals surface area (Å²) in [6.45, 7) is 5.95. The zero-order chi connectivity index (χ0) is 12.1. The van der Waals surface area contributed by atoms with Crippen LogP contribution in [-0.4, -0.2) is 39.0 Å². The molecule has 0 unspecified atom stereocenters. The SMILES string of the molecule is CCCCN(CCn1cc(CN)nn1)C1CC1. The number of unbranched alkanes of at least 4 members (excludes halogenated alkanes) is 1. The molecule has 0 aromatic carbocycles. The van der Waals surface area contributed by atoms with Crippen LogP contribution in [0.3, 0.4) is 0 Å². The summed E-state index contributed by atoms with van der Waals surface area (Å²) in [4.78, 5) is 2.59. The fourth-order valence-electron chi connectivity index (χ4n) is 2.05. The molecule has 1 heterocycles. The summed E-state index contributed by atoms with van der Waals surface area (Å²) in [5, 5.41) is 8.08. The third-order valence-electron chi connectivity index (χ3n) is 3.27. The van der Waals surface area contributed by atoms with E-state index in [1.54, 1.807) is 0 Å². The fourth-order valence-corrected chi connectivity index (χ4v) is 2.05. The van der Waals surface area contributed by atoms with Crippen molar-refractivity contribution >= 4 is 0 Å². The Morgan fingerprint density at radius 3 is 2.88 bits per heavy atom. The predicted octanol–water partition coefficient (Wildman–Crippen LogP) is 1.00. The first-order chi connectivity index (χ1) is 8.33. The normalized spacial score (nSPS) is 15.7. The number of aromatic nitrogens is 3. The Hall–Kier alpha value is -0.940. The summed E-state index contributed by atoms with van der Waals surface area (Å²) in [6, 6.07) is 0.832. The van der Waals surface area contributed by atoms with Gasteiger partial charge in [0, 0.05) is 25.3 Å². The highest BCUT2D eigenvalue weighted by atomic mass is 15.4. The molecule has 0 aliphatic heterocycles. The third kappa shape index (κ3) is 3.78. The largest absolute Gasteiger partial charge is 0.325 e. The number of nitrogens with zero attached hydrogens (tertiary/aromatic N) is 4. The van der Waals surface area contributed by atoms with E-state index in [0.717, 1.165) is 24.8 Å². The van der Waals surface area contributed by atoms with Gasteiger partial charge in [0.05, 0.1) is 12.2 Å². The molecule has 1 aromatic rings. The van der Waals surface area contributed by atoms with Gasteiger partial charge < -0.3 is 5.73 Å². The van der Waals surface area contributed by atoms with Gasteiger partial charge in [-0.05, 0) is 25.8 Å². The Kier molecular flexibility index (Phi) is 4.50. The van der Waals surface area contributed by atoms with E-state index >= 15 is 0 Å². The Morgan fingerprint density at radius 1 is 1.47 bits per heavy atom. The zero-order valence-electron chi connectivity index (χ0n) is 10.7. The lowest BCUT2D eigenvalue weighted by Gasteiger charge is -2.21. The van der Waals surface area contributed by atoms with Crippen molar-refractivity contribution in [2.45, 2.75) is 51.7 Å². The first-order valence-corrected chi connectivity index (χ1v) is 6.66. The minimum absolute atomic E-state index is 0.474. The van der Waals surface area contributed by atoms with Crippen LogP contribution in [0.2, 0.25) is 0 Å². The van der Waals surface area contributed by atoms with Gasteiger partial charge in [-0.25, -0.2) is 0 Å². The van der Waals surface area contributed by atoms with E-state index in [2.05, 4.69) is 22.1 Å². The van der Waals surface area contributed by atoms with E-state index in [0.29, 0.717) is 6.54 Å². The number of hydrogen-bond acceptors (Lipinski definition) is 4. The number of rotatable bonds is 8. The van der Waals surface area contributed by atoms with Crippen molar-refractivity contribution in [2.24, 2.45) is 5.73 Å². The van der Waals surface area contributed by atoms with E-state index in [9.17, 15) is 0 Å². The number of hydrogen-bond donors (Lipinski definition) is 1. The lowest BCUT2D eigenvalue weighted by Crippen LogP contribution is -2.30. The van der Waals surface area contributed by atoms with Crippen LogP contribution in [0, 0.1) is 0 Å². The summed E-state index contributed by atoms with van der Waals surface area (Å²) < 4.78 is 1.91. The minimum Gasteiger partial charge on any atom is -0.325 e. The highest BCUT2D eigenvalue weighted by molar-refractivity contribution is 4.90. The molecule has 1 saturated carbocycles. The molecule has 1 aliphatic carbocycles. The molecule has 96 valence electrons. The Bertz CT molecular complexity index is 331. The second-order valence-corrected chi connectivity index (χ2v) is 4.80. The van der Waals surface area contributed by atoms with Crippen LogP contribution in [0.1, 0.15) is 38.3 Å². The van der Waals surface area contributed by atoms with Crippen molar-refractivity contribution in [1.82, 2.24) is 19.9 Å². The van der Waals surface area contributed by atoms with Gasteiger partial charge in [-0.2, -0.15) is 0 Å². The maximum Gasteiger partial charge on any atom is 0.0962 e. The molecule has 5 nitrogen and oxygen atoms in total. The van der Waals surface area contributed by atoms with Crippen molar-refractivity contribution < 1.29 is 0 Å². The summed E-state index contributed by atoms with van der Waals surface area (Å²) in [7, 11) is 0. The highest BCUT2D eigenvalue weighted by Crippen LogP contribution is 2.26. The Balaban J connectivity index is 1.77. The molecule has 0 amide bonds. The molecular formula is C12H23N5. The van der Waals surface area contributed by atoms with E-state index < -0.39 is 0 Å². The van der Waals surface area contributed by atoms with E-state index in [4.69, 9.17) is 5.73 Å². The molecule has 0 saturated heterocycles. The zero-order valence-corrected chi connectivity index (χ0v) is 10.7. The molecule has 0 bridgehead atoms. The van der Waals surface area contributed by atoms with Crippen LogP contribution >= 0.6 is 0 Å². The van der Waals surface area contributed by atoms with Gasteiger partial charge >= 0.3 is 0 Å². The van der Waals surface area contributed by atoms with Crippen LogP contribution in [0.4, 0.5) is 0 Å². The molecular weight excluding hydrogens is 214 g/mol. The van der Waals surface area contributed by atoms with E-state index in [-0.39, 0.29) is 0 Å². The van der Waals surface area contributed by atoms with E-state index in [1.807, 2.05) is 10.9 Å². The fraction of sp³-hybridized carbons (Fsp3) is 0.833. The summed E-state index contributed by atoms with van der Waals surface area (Å²) >= 11 is 0. The van der Waals surface area contributed by atoms with Gasteiger partial charge in [0.15, 0.2) is 0 Å². The molecule has 0 radical (unpaired) electrons. The quantitative estimate of drug-likeness (QED) is 0.733. The molecule has 1 fully saturated rings. The van der Waals surface area contributed by atoms with Gasteiger partial charge in [0.2, 0.25) is 0 Å². The molecule has 2 rings (SSSR count). The molecule has 1 aliphatic rings.